The number of nitro benzene ring substituents is 1. The number of halogens is 1. The lowest BCUT2D eigenvalue weighted by molar-refractivity contribution is -0.385. The number of non-ortho nitro benzene ring substituents is 1. The van der Waals surface area contributed by atoms with Gasteiger partial charge in [-0.3, -0.25) is 10.1 Å². The van der Waals surface area contributed by atoms with Gasteiger partial charge < -0.3 is 14.0 Å². The molecule has 1 aromatic heterocycles. The molecule has 0 saturated heterocycles. The second kappa shape index (κ2) is 11.0. The number of hydrogen-bond acceptors (Lipinski definition) is 7. The third-order valence-corrected chi connectivity index (χ3v) is 6.66. The molecule has 0 N–H and O–H groups in total. The van der Waals surface area contributed by atoms with E-state index in [1.165, 1.54) is 24.2 Å². The van der Waals surface area contributed by atoms with Crippen molar-refractivity contribution >= 4 is 29.1 Å². The number of thioether (sulfide) groups is 1. The maximum Gasteiger partial charge on any atom is 0.270 e. The first-order valence-electron chi connectivity index (χ1n) is 10.9. The van der Waals surface area contributed by atoms with E-state index in [-0.39, 0.29) is 12.5 Å². The zero-order chi connectivity index (χ0) is 23.2. The smallest absolute Gasteiger partial charge is 0.270 e. The Hall–Kier alpha value is -2.62. The van der Waals surface area contributed by atoms with Gasteiger partial charge >= 0.3 is 0 Å². The minimum atomic E-state index is -0.391. The van der Waals surface area contributed by atoms with E-state index in [0.717, 1.165) is 47.9 Å². The van der Waals surface area contributed by atoms with E-state index in [9.17, 15) is 10.1 Å². The van der Waals surface area contributed by atoms with Gasteiger partial charge in [0.1, 0.15) is 5.75 Å². The van der Waals surface area contributed by atoms with Crippen LogP contribution in [0.25, 0.3) is 11.4 Å². The Morgan fingerprint density at radius 3 is 2.76 bits per heavy atom. The third-order valence-electron chi connectivity index (χ3n) is 5.39. The first kappa shape index (κ1) is 23.5. The SMILES string of the molecule is CCCCCCn1c(SCc2cc([N+](=O)[O-])cc3c2OCOC3)nnc1-c1ccc(Cl)cc1. The van der Waals surface area contributed by atoms with Gasteiger partial charge in [0.2, 0.25) is 0 Å². The number of aromatic nitrogens is 3. The van der Waals surface area contributed by atoms with Crippen LogP contribution in [0.5, 0.6) is 5.75 Å². The molecule has 0 unspecified atom stereocenters. The Labute approximate surface area is 201 Å². The Kier molecular flexibility index (Phi) is 7.85. The predicted octanol–water partition coefficient (Wildman–Crippen LogP) is 6.25. The number of benzene rings is 2. The summed E-state index contributed by atoms with van der Waals surface area (Å²) in [6.45, 7) is 3.41. The van der Waals surface area contributed by atoms with Crippen LogP contribution in [0, 0.1) is 10.1 Å². The van der Waals surface area contributed by atoms with Gasteiger partial charge in [-0.25, -0.2) is 0 Å². The van der Waals surface area contributed by atoms with Gasteiger partial charge in [0.25, 0.3) is 5.69 Å². The highest BCUT2D eigenvalue weighted by Crippen LogP contribution is 2.36. The van der Waals surface area contributed by atoms with Crippen molar-refractivity contribution in [3.8, 4) is 17.1 Å². The van der Waals surface area contributed by atoms with Crippen LogP contribution in [0.2, 0.25) is 5.02 Å². The van der Waals surface area contributed by atoms with Crippen molar-refractivity contribution < 1.29 is 14.4 Å². The van der Waals surface area contributed by atoms with Crippen molar-refractivity contribution in [2.24, 2.45) is 0 Å². The average Bonchev–Trinajstić information content (AvgIpc) is 3.23. The molecule has 10 heteroatoms. The average molecular weight is 489 g/mol. The summed E-state index contributed by atoms with van der Waals surface area (Å²) in [4.78, 5) is 11.0. The number of fused-ring (bicyclic) bond motifs is 1. The molecule has 3 aromatic rings. The number of ether oxygens (including phenoxy) is 2. The Morgan fingerprint density at radius 2 is 2.00 bits per heavy atom. The Bertz CT molecular complexity index is 1120. The number of nitrogens with zero attached hydrogens (tertiary/aromatic N) is 4. The van der Waals surface area contributed by atoms with E-state index in [4.69, 9.17) is 21.1 Å². The third kappa shape index (κ3) is 5.66. The van der Waals surface area contributed by atoms with Crippen LogP contribution in [0.3, 0.4) is 0 Å². The van der Waals surface area contributed by atoms with Gasteiger partial charge in [-0.2, -0.15) is 0 Å². The summed E-state index contributed by atoms with van der Waals surface area (Å²) in [5, 5.41) is 21.7. The van der Waals surface area contributed by atoms with Crippen molar-refractivity contribution in [2.45, 2.75) is 56.7 Å². The summed E-state index contributed by atoms with van der Waals surface area (Å²) in [6, 6.07) is 10.6. The standard InChI is InChI=1S/C23H25ClN4O4S/c1-2-3-4-5-10-27-22(16-6-8-19(24)9-7-16)25-26-23(27)33-14-18-12-20(28(29)30)11-17-13-31-15-32-21(17)18/h6-9,11-12H,2-5,10,13-15H2,1H3. The molecule has 0 bridgehead atoms. The van der Waals surface area contributed by atoms with Gasteiger partial charge in [-0.15, -0.1) is 10.2 Å². The molecule has 8 nitrogen and oxygen atoms in total. The summed E-state index contributed by atoms with van der Waals surface area (Å²) in [5.74, 6) is 1.92. The molecule has 0 atom stereocenters. The van der Waals surface area contributed by atoms with Crippen LogP contribution in [0.15, 0.2) is 41.6 Å². The predicted molar refractivity (Wildman–Crippen MR) is 128 cm³/mol. The number of hydrogen-bond donors (Lipinski definition) is 0. The number of nitro groups is 1. The second-order valence-corrected chi connectivity index (χ2v) is 9.15. The fourth-order valence-electron chi connectivity index (χ4n) is 3.74. The van der Waals surface area contributed by atoms with Gasteiger partial charge in [0.05, 0.1) is 11.5 Å². The van der Waals surface area contributed by atoms with Crippen LogP contribution in [-0.2, 0) is 23.6 Å². The van der Waals surface area contributed by atoms with Crippen molar-refractivity contribution in [3.05, 3.63) is 62.7 Å². The second-order valence-electron chi connectivity index (χ2n) is 7.77. The van der Waals surface area contributed by atoms with Crippen LogP contribution in [0.1, 0.15) is 43.7 Å². The zero-order valence-corrected chi connectivity index (χ0v) is 19.9. The molecule has 0 aliphatic carbocycles. The molecule has 4 rings (SSSR count). The van der Waals surface area contributed by atoms with Crippen molar-refractivity contribution in [1.82, 2.24) is 14.8 Å². The molecule has 1 aliphatic rings. The normalized spacial score (nSPS) is 12.9. The fraction of sp³-hybridized carbons (Fsp3) is 0.391. The summed E-state index contributed by atoms with van der Waals surface area (Å²) in [6.07, 6.45) is 4.49. The molecular formula is C23H25ClN4O4S. The highest BCUT2D eigenvalue weighted by atomic mass is 35.5. The quantitative estimate of drug-likeness (QED) is 0.144. The van der Waals surface area contributed by atoms with Gasteiger partial charge in [-0.05, 0) is 30.7 Å². The van der Waals surface area contributed by atoms with E-state index in [1.54, 1.807) is 6.07 Å². The summed E-state index contributed by atoms with van der Waals surface area (Å²) >= 11 is 7.55. The van der Waals surface area contributed by atoms with Crippen molar-refractivity contribution in [2.75, 3.05) is 6.79 Å². The molecule has 2 aromatic carbocycles. The van der Waals surface area contributed by atoms with Crippen molar-refractivity contribution in [3.63, 3.8) is 0 Å². The summed E-state index contributed by atoms with van der Waals surface area (Å²) in [5.41, 5.74) is 2.42. The Balaban J connectivity index is 1.60. The topological polar surface area (TPSA) is 92.3 Å². The largest absolute Gasteiger partial charge is 0.467 e. The highest BCUT2D eigenvalue weighted by Gasteiger charge is 2.22. The molecule has 2 heterocycles. The monoisotopic (exact) mass is 488 g/mol. The molecule has 0 spiro atoms. The number of unbranched alkanes of at least 4 members (excludes halogenated alkanes) is 3. The molecule has 0 fully saturated rings. The first-order valence-corrected chi connectivity index (χ1v) is 12.3. The van der Waals surface area contributed by atoms with Gasteiger partial charge in [0.15, 0.2) is 17.8 Å². The lowest BCUT2D eigenvalue weighted by atomic mass is 10.1. The lowest BCUT2D eigenvalue weighted by Gasteiger charge is -2.20. The van der Waals surface area contributed by atoms with Crippen LogP contribution >= 0.6 is 23.4 Å². The number of rotatable bonds is 10. The zero-order valence-electron chi connectivity index (χ0n) is 18.3. The molecule has 33 heavy (non-hydrogen) atoms. The van der Waals surface area contributed by atoms with Gasteiger partial charge in [-0.1, -0.05) is 49.5 Å². The van der Waals surface area contributed by atoms with Crippen LogP contribution in [-0.4, -0.2) is 26.5 Å². The molecular weight excluding hydrogens is 464 g/mol. The maximum atomic E-state index is 11.4. The molecule has 0 radical (unpaired) electrons. The van der Waals surface area contributed by atoms with E-state index < -0.39 is 4.92 Å². The highest BCUT2D eigenvalue weighted by molar-refractivity contribution is 7.98. The molecule has 1 aliphatic heterocycles. The van der Waals surface area contributed by atoms with E-state index in [2.05, 4.69) is 21.7 Å². The minimum Gasteiger partial charge on any atom is -0.467 e. The summed E-state index contributed by atoms with van der Waals surface area (Å²) < 4.78 is 13.1. The Morgan fingerprint density at radius 1 is 1.18 bits per heavy atom. The van der Waals surface area contributed by atoms with Crippen LogP contribution < -0.4 is 4.74 Å². The molecule has 0 amide bonds. The fourth-order valence-corrected chi connectivity index (χ4v) is 4.80. The first-order chi connectivity index (χ1) is 16.1. The van der Waals surface area contributed by atoms with E-state index >= 15 is 0 Å². The molecule has 0 saturated carbocycles. The minimum absolute atomic E-state index is 0.0290. The molecule has 174 valence electrons. The summed E-state index contributed by atoms with van der Waals surface area (Å²) in [7, 11) is 0. The van der Waals surface area contributed by atoms with E-state index in [1.807, 2.05) is 24.3 Å². The maximum absolute atomic E-state index is 11.4. The van der Waals surface area contributed by atoms with Gasteiger partial charge in [0, 0.05) is 46.1 Å². The van der Waals surface area contributed by atoms with Crippen LogP contribution in [0.4, 0.5) is 5.69 Å². The van der Waals surface area contributed by atoms with E-state index in [0.29, 0.717) is 28.7 Å². The van der Waals surface area contributed by atoms with Crippen molar-refractivity contribution in [1.29, 1.82) is 0 Å². The lowest BCUT2D eigenvalue weighted by Crippen LogP contribution is -2.13.